The summed E-state index contributed by atoms with van der Waals surface area (Å²) in [5, 5.41) is 19.1. The molecule has 1 aliphatic carbocycles. The zero-order valence-electron chi connectivity index (χ0n) is 9.53. The average Bonchev–Trinajstić information content (AvgIpc) is 2.76. The Morgan fingerprint density at radius 2 is 1.94 bits per heavy atom. The van der Waals surface area contributed by atoms with Crippen molar-refractivity contribution in [2.75, 3.05) is 20.1 Å². The van der Waals surface area contributed by atoms with Crippen molar-refractivity contribution < 1.29 is 10.2 Å². The van der Waals surface area contributed by atoms with E-state index in [1.165, 1.54) is 17.5 Å². The van der Waals surface area contributed by atoms with E-state index < -0.39 is 0 Å². The lowest BCUT2D eigenvalue weighted by molar-refractivity contribution is 0.364. The lowest BCUT2D eigenvalue weighted by Crippen LogP contribution is -2.26. The minimum atomic E-state index is 0.0159. The monoisotopic (exact) mass is 219 g/mol. The van der Waals surface area contributed by atoms with E-state index >= 15 is 0 Å². The number of benzene rings is 1. The van der Waals surface area contributed by atoms with Crippen LogP contribution in [0.15, 0.2) is 12.1 Å². The average molecular weight is 219 g/mol. The van der Waals surface area contributed by atoms with E-state index in [0.717, 1.165) is 25.9 Å². The molecule has 1 spiro atoms. The zero-order chi connectivity index (χ0) is 11.3. The molecule has 1 fully saturated rings. The van der Waals surface area contributed by atoms with Crippen molar-refractivity contribution in [1.29, 1.82) is 0 Å². The highest BCUT2D eigenvalue weighted by Crippen LogP contribution is 2.47. The molecule has 86 valence electrons. The van der Waals surface area contributed by atoms with Crippen LogP contribution in [0.5, 0.6) is 11.5 Å². The molecule has 2 N–H and O–H groups in total. The molecular formula is C13H17NO2. The first-order chi connectivity index (χ1) is 7.61. The van der Waals surface area contributed by atoms with Crippen molar-refractivity contribution in [3.63, 3.8) is 0 Å². The fourth-order valence-corrected chi connectivity index (χ4v) is 3.33. The van der Waals surface area contributed by atoms with Gasteiger partial charge in [0.15, 0.2) is 11.5 Å². The molecule has 0 aromatic heterocycles. The third-order valence-corrected chi connectivity index (χ3v) is 4.19. The van der Waals surface area contributed by atoms with Gasteiger partial charge in [0, 0.05) is 12.0 Å². The Balaban J connectivity index is 2.09. The molecule has 3 heteroatoms. The number of hydrogen-bond acceptors (Lipinski definition) is 3. The maximum absolute atomic E-state index is 9.63. The molecule has 1 unspecified atom stereocenters. The van der Waals surface area contributed by atoms with Crippen molar-refractivity contribution in [3.8, 4) is 11.5 Å². The number of fused-ring (bicyclic) bond motifs is 2. The zero-order valence-corrected chi connectivity index (χ0v) is 9.53. The summed E-state index contributed by atoms with van der Waals surface area (Å²) in [7, 11) is 2.15. The Bertz CT molecular complexity index is 444. The van der Waals surface area contributed by atoms with Crippen molar-refractivity contribution >= 4 is 0 Å². The van der Waals surface area contributed by atoms with Gasteiger partial charge in [-0.2, -0.15) is 0 Å². The number of likely N-dealkylation sites (N-methyl/N-ethyl adjacent to an activating group) is 1. The minimum Gasteiger partial charge on any atom is -0.504 e. The number of aryl methyl sites for hydroxylation is 1. The smallest absolute Gasteiger partial charge is 0.157 e. The second kappa shape index (κ2) is 3.14. The van der Waals surface area contributed by atoms with Crippen LogP contribution in [0.25, 0.3) is 0 Å². The largest absolute Gasteiger partial charge is 0.504 e. The lowest BCUT2D eigenvalue weighted by Gasteiger charge is -2.24. The van der Waals surface area contributed by atoms with Gasteiger partial charge in [-0.05, 0) is 56.1 Å². The Kier molecular flexibility index (Phi) is 1.96. The van der Waals surface area contributed by atoms with Gasteiger partial charge in [0.25, 0.3) is 0 Å². The molecule has 1 saturated heterocycles. The van der Waals surface area contributed by atoms with E-state index in [9.17, 15) is 10.2 Å². The first kappa shape index (κ1) is 9.97. The van der Waals surface area contributed by atoms with Crippen molar-refractivity contribution in [2.24, 2.45) is 0 Å². The Labute approximate surface area is 95.3 Å². The maximum atomic E-state index is 9.63. The van der Waals surface area contributed by atoms with E-state index in [-0.39, 0.29) is 16.9 Å². The summed E-state index contributed by atoms with van der Waals surface area (Å²) in [4.78, 5) is 2.35. The van der Waals surface area contributed by atoms with Crippen LogP contribution in [-0.4, -0.2) is 35.3 Å². The van der Waals surface area contributed by atoms with Crippen LogP contribution in [0, 0.1) is 0 Å². The van der Waals surface area contributed by atoms with Crippen LogP contribution < -0.4 is 0 Å². The Hall–Kier alpha value is -1.22. The van der Waals surface area contributed by atoms with Gasteiger partial charge < -0.3 is 15.1 Å². The van der Waals surface area contributed by atoms with E-state index in [0.29, 0.717) is 0 Å². The Morgan fingerprint density at radius 1 is 1.19 bits per heavy atom. The topological polar surface area (TPSA) is 43.7 Å². The van der Waals surface area contributed by atoms with E-state index in [1.807, 2.05) is 0 Å². The van der Waals surface area contributed by atoms with Gasteiger partial charge >= 0.3 is 0 Å². The maximum Gasteiger partial charge on any atom is 0.157 e. The van der Waals surface area contributed by atoms with Crippen LogP contribution in [0.3, 0.4) is 0 Å². The number of likely N-dealkylation sites (tertiary alicyclic amines) is 1. The highest BCUT2D eigenvalue weighted by molar-refractivity contribution is 5.51. The van der Waals surface area contributed by atoms with Gasteiger partial charge in [-0.15, -0.1) is 0 Å². The quantitative estimate of drug-likeness (QED) is 0.652. The molecule has 2 aliphatic rings. The molecule has 0 saturated carbocycles. The molecule has 1 aromatic rings. The summed E-state index contributed by atoms with van der Waals surface area (Å²) >= 11 is 0. The molecule has 0 bridgehead atoms. The van der Waals surface area contributed by atoms with Crippen LogP contribution >= 0.6 is 0 Å². The number of nitrogens with zero attached hydrogens (tertiary/aromatic N) is 1. The first-order valence-corrected chi connectivity index (χ1v) is 5.85. The van der Waals surface area contributed by atoms with Gasteiger partial charge in [0.1, 0.15) is 0 Å². The molecular weight excluding hydrogens is 202 g/mol. The Morgan fingerprint density at radius 3 is 2.62 bits per heavy atom. The van der Waals surface area contributed by atoms with Gasteiger partial charge in [-0.25, -0.2) is 0 Å². The molecule has 3 nitrogen and oxygen atoms in total. The molecule has 3 rings (SSSR count). The van der Waals surface area contributed by atoms with Crippen molar-refractivity contribution in [2.45, 2.75) is 24.7 Å². The summed E-state index contributed by atoms with van der Waals surface area (Å²) in [6.45, 7) is 2.20. The van der Waals surface area contributed by atoms with Gasteiger partial charge in [-0.1, -0.05) is 0 Å². The minimum absolute atomic E-state index is 0.0159. The van der Waals surface area contributed by atoms with Crippen LogP contribution in [0.4, 0.5) is 0 Å². The highest BCUT2D eigenvalue weighted by atomic mass is 16.3. The summed E-state index contributed by atoms with van der Waals surface area (Å²) in [6, 6.07) is 3.51. The number of hydrogen-bond donors (Lipinski definition) is 2. The van der Waals surface area contributed by atoms with Crippen LogP contribution in [0.1, 0.15) is 24.0 Å². The molecule has 0 amide bonds. The summed E-state index contributed by atoms with van der Waals surface area (Å²) in [5.41, 5.74) is 2.70. The number of rotatable bonds is 0. The second-order valence-electron chi connectivity index (χ2n) is 5.27. The summed E-state index contributed by atoms with van der Waals surface area (Å²) < 4.78 is 0. The number of phenols is 2. The fourth-order valence-electron chi connectivity index (χ4n) is 3.33. The SMILES string of the molecule is CN1CCC2(CCc3cc(O)c(O)cc32)C1. The van der Waals surface area contributed by atoms with Crippen molar-refractivity contribution in [1.82, 2.24) is 4.90 Å². The van der Waals surface area contributed by atoms with Gasteiger partial charge in [0.05, 0.1) is 0 Å². The normalized spacial score (nSPS) is 28.8. The number of aromatic hydroxyl groups is 2. The van der Waals surface area contributed by atoms with E-state index in [2.05, 4.69) is 11.9 Å². The third kappa shape index (κ3) is 1.24. The number of phenolic OH excluding ortho intramolecular Hbond substituents is 2. The molecule has 16 heavy (non-hydrogen) atoms. The van der Waals surface area contributed by atoms with E-state index in [1.54, 1.807) is 12.1 Å². The third-order valence-electron chi connectivity index (χ3n) is 4.19. The van der Waals surface area contributed by atoms with Crippen LogP contribution in [-0.2, 0) is 11.8 Å². The molecule has 1 heterocycles. The highest BCUT2D eigenvalue weighted by Gasteiger charge is 2.43. The second-order valence-corrected chi connectivity index (χ2v) is 5.27. The van der Waals surface area contributed by atoms with Crippen LogP contribution in [0.2, 0.25) is 0 Å². The summed E-state index contributed by atoms with van der Waals surface area (Å²) in [5.74, 6) is 0.0386. The molecule has 0 radical (unpaired) electrons. The molecule has 1 atom stereocenters. The predicted molar refractivity (Wildman–Crippen MR) is 61.9 cm³/mol. The molecule has 1 aromatic carbocycles. The predicted octanol–water partition coefficient (Wildman–Crippen LogP) is 1.62. The first-order valence-electron chi connectivity index (χ1n) is 5.85. The summed E-state index contributed by atoms with van der Waals surface area (Å²) in [6.07, 6.45) is 3.34. The van der Waals surface area contributed by atoms with E-state index in [4.69, 9.17) is 0 Å². The standard InChI is InChI=1S/C13H17NO2/c1-14-5-4-13(8-14)3-2-9-6-11(15)12(16)7-10(9)13/h6-7,15-16H,2-5,8H2,1H3. The lowest BCUT2D eigenvalue weighted by atomic mass is 9.81. The fraction of sp³-hybridized carbons (Fsp3) is 0.538. The van der Waals surface area contributed by atoms with Crippen molar-refractivity contribution in [3.05, 3.63) is 23.3 Å². The van der Waals surface area contributed by atoms with Gasteiger partial charge in [0.2, 0.25) is 0 Å². The van der Waals surface area contributed by atoms with Gasteiger partial charge in [-0.3, -0.25) is 0 Å². The molecule has 1 aliphatic heterocycles.